The Balaban J connectivity index is 2.36. The van der Waals surface area contributed by atoms with E-state index in [1.54, 1.807) is 0 Å². The average molecular weight is 79.1 g/mol. The van der Waals surface area contributed by atoms with Crippen molar-refractivity contribution in [2.45, 2.75) is 11.6 Å². The molecule has 1 nitrogen and oxygen atoms in total. The van der Waals surface area contributed by atoms with Crippen LogP contribution in [0.5, 0.6) is 0 Å². The number of piperidine rings is 1. The first-order valence-corrected chi connectivity index (χ1v) is 2.74. The van der Waals surface area contributed by atoms with E-state index in [0.29, 0.717) is 0 Å². The van der Waals surface area contributed by atoms with Gasteiger partial charge in [0.25, 0.3) is 0 Å². The number of nitrogens with one attached hydrogen (secondary N) is 1. The number of rotatable bonds is 0. The van der Waals surface area contributed by atoms with Gasteiger partial charge in [0.15, 0.2) is 0 Å². The third kappa shape index (κ3) is 0.0319. The summed E-state index contributed by atoms with van der Waals surface area (Å²) in [5, 5.41) is 3.49. The molecule has 0 aromatic rings. The smallest absolute Gasteiger partial charge is 0.0411 e. The van der Waals surface area contributed by atoms with Gasteiger partial charge in [-0.1, -0.05) is 0 Å². The van der Waals surface area contributed by atoms with Gasteiger partial charge in [0.05, 0.1) is 0 Å². The summed E-state index contributed by atoms with van der Waals surface area (Å²) in [4.78, 5) is 0. The predicted octanol–water partition coefficient (Wildman–Crippen LogP) is -0.414. The molecule has 0 aromatic heterocycles. The van der Waals surface area contributed by atoms with Gasteiger partial charge in [0.2, 0.25) is 0 Å². The Labute approximate surface area is 35.7 Å². The van der Waals surface area contributed by atoms with Gasteiger partial charge in [-0.05, 0) is 17.8 Å². The van der Waals surface area contributed by atoms with Gasteiger partial charge in [-0.3, -0.25) is 0 Å². The van der Waals surface area contributed by atoms with E-state index in [1.807, 2.05) is 0 Å². The molecule has 6 heavy (non-hydrogen) atoms. The van der Waals surface area contributed by atoms with Crippen molar-refractivity contribution in [1.29, 1.82) is 0 Å². The van der Waals surface area contributed by atoms with Crippen molar-refractivity contribution in [3.63, 3.8) is 0 Å². The average Bonchev–Trinajstić information content (AvgIpc) is 2.22. The topological polar surface area (TPSA) is 21.9 Å². The molecule has 0 amide bonds. The zero-order valence-electron chi connectivity index (χ0n) is 3.31. The highest BCUT2D eigenvalue weighted by Crippen LogP contribution is 2.97. The molecule has 3 unspecified atom stereocenters. The molecule has 1 spiro atoms. The maximum Gasteiger partial charge on any atom is 0.0411 e. The lowest BCUT2D eigenvalue weighted by Crippen LogP contribution is -2.29. The van der Waals surface area contributed by atoms with E-state index < -0.39 is 0 Å². The van der Waals surface area contributed by atoms with Crippen molar-refractivity contribution < 1.29 is 0 Å². The van der Waals surface area contributed by atoms with Crippen LogP contribution in [0.15, 0.2) is 0 Å². The highest BCUT2D eigenvalue weighted by atomic mass is 15.5. The summed E-state index contributed by atoms with van der Waals surface area (Å²) in [5.41, 5.74) is 0.866. The molecule has 0 radical (unpaired) electrons. The first-order chi connectivity index (χ1) is 2.96. The van der Waals surface area contributed by atoms with Gasteiger partial charge >= 0.3 is 0 Å². The fourth-order valence-electron chi connectivity index (χ4n) is 2.74. The fourth-order valence-corrected chi connectivity index (χ4v) is 2.74. The van der Waals surface area contributed by atoms with Crippen LogP contribution in [0.4, 0.5) is 0 Å². The molecule has 1 heteroatoms. The predicted molar refractivity (Wildman–Crippen MR) is 20.1 cm³/mol. The summed E-state index contributed by atoms with van der Waals surface area (Å²) in [6.07, 6.45) is 0. The van der Waals surface area contributed by atoms with Crippen molar-refractivity contribution in [3.05, 3.63) is 0 Å². The number of hydrogen-bond donors (Lipinski definition) is 1. The summed E-state index contributed by atoms with van der Waals surface area (Å²) in [6, 6.07) is 1.06. The Hall–Kier alpha value is -0.0400. The van der Waals surface area contributed by atoms with E-state index in [2.05, 4.69) is 5.32 Å². The molecule has 1 heterocycles. The molecule has 4 saturated carbocycles. The van der Waals surface area contributed by atoms with Gasteiger partial charge in [-0.15, -0.1) is 0 Å². The molecule has 1 N–H and O–H groups in total. The van der Waals surface area contributed by atoms with Gasteiger partial charge < -0.3 is 5.32 Å². The summed E-state index contributed by atoms with van der Waals surface area (Å²) in [7, 11) is 0. The van der Waals surface area contributed by atoms with Crippen LogP contribution in [-0.2, 0) is 0 Å². The van der Waals surface area contributed by atoms with Gasteiger partial charge in [0, 0.05) is 11.6 Å². The molecule has 3 atom stereocenters. The molecule has 2 bridgehead atoms. The summed E-state index contributed by atoms with van der Waals surface area (Å²) in [5.74, 6) is 3.66. The molecule has 30 valence electrons. The zero-order valence-corrected chi connectivity index (χ0v) is 3.31. The van der Waals surface area contributed by atoms with Crippen LogP contribution in [0.3, 0.4) is 0 Å². The minimum atomic E-state index is 0.866. The molecule has 5 rings (SSSR count). The molecule has 4 aliphatic carbocycles. The monoisotopic (exact) mass is 79.0 g/mol. The van der Waals surface area contributed by atoms with Crippen molar-refractivity contribution >= 4 is 0 Å². The highest BCUT2D eigenvalue weighted by Gasteiger charge is 3.07. The second kappa shape index (κ2) is 0.216. The van der Waals surface area contributed by atoms with Gasteiger partial charge in [-0.2, -0.15) is 0 Å². The Morgan fingerprint density at radius 3 is 2.17 bits per heavy atom. The van der Waals surface area contributed by atoms with Crippen LogP contribution < -0.4 is 5.32 Å². The van der Waals surface area contributed by atoms with Crippen LogP contribution in [-0.4, -0.2) is 11.6 Å². The Morgan fingerprint density at radius 1 is 1.33 bits per heavy atom. The normalized spacial score (nSPS) is 108. The van der Waals surface area contributed by atoms with E-state index >= 15 is 0 Å². The molecule has 0 aromatic carbocycles. The number of hydrogen-bond acceptors (Lipinski definition) is 1. The third-order valence-corrected chi connectivity index (χ3v) is 3.29. The maximum atomic E-state index is 3.49. The van der Waals surface area contributed by atoms with E-state index in [4.69, 9.17) is 0 Å². The lowest BCUT2D eigenvalue weighted by molar-refractivity contribution is 0.397. The summed E-state index contributed by atoms with van der Waals surface area (Å²) in [6.45, 7) is 0. The first kappa shape index (κ1) is 1.83. The molecule has 1 saturated heterocycles. The molecule has 5 fully saturated rings. The lowest BCUT2D eigenvalue weighted by Gasteiger charge is -2.17. The molecule has 5 aliphatic rings. The van der Waals surface area contributed by atoms with Crippen molar-refractivity contribution in [3.8, 4) is 0 Å². The lowest BCUT2D eigenvalue weighted by atomic mass is 9.83. The zero-order chi connectivity index (χ0) is 3.52. The van der Waals surface area contributed by atoms with Crippen LogP contribution >= 0.6 is 0 Å². The van der Waals surface area contributed by atoms with Crippen molar-refractivity contribution in [1.82, 2.24) is 5.32 Å². The quantitative estimate of drug-likeness (QED) is 0.391. The minimum Gasteiger partial charge on any atom is -0.304 e. The van der Waals surface area contributed by atoms with Gasteiger partial charge in [-0.25, -0.2) is 0 Å². The van der Waals surface area contributed by atoms with E-state index in [0.717, 1.165) is 11.6 Å². The Morgan fingerprint density at radius 2 is 2.17 bits per heavy atom. The molecular formula is C5H5N. The van der Waals surface area contributed by atoms with Crippen LogP contribution in [0.2, 0.25) is 0 Å². The van der Waals surface area contributed by atoms with Gasteiger partial charge in [0.1, 0.15) is 0 Å². The Kier molecular flexibility index (Phi) is 0.0659. The van der Waals surface area contributed by atoms with E-state index in [-0.39, 0.29) is 0 Å². The Bertz CT molecular complexity index is 133. The maximum absolute atomic E-state index is 3.49. The van der Waals surface area contributed by atoms with Crippen LogP contribution in [0.1, 0.15) is 0 Å². The second-order valence-corrected chi connectivity index (χ2v) is 3.18. The van der Waals surface area contributed by atoms with Crippen molar-refractivity contribution in [2.75, 3.05) is 0 Å². The van der Waals surface area contributed by atoms with Crippen LogP contribution in [0.25, 0.3) is 0 Å². The van der Waals surface area contributed by atoms with E-state index in [9.17, 15) is 0 Å². The largest absolute Gasteiger partial charge is 0.304 e. The summed E-state index contributed by atoms with van der Waals surface area (Å²) >= 11 is 0. The van der Waals surface area contributed by atoms with Crippen molar-refractivity contribution in [2.24, 2.45) is 17.8 Å². The second-order valence-electron chi connectivity index (χ2n) is 3.18. The highest BCUT2D eigenvalue weighted by molar-refractivity contribution is 5.62. The minimum absolute atomic E-state index is 0.866. The SMILES string of the molecule is N1C2C3C4C3C124. The third-order valence-electron chi connectivity index (χ3n) is 3.29. The standard InChI is InChI=1S/C5H5N/c6-4-1-2-3(1)5(2,4)6/h1-4,6H. The first-order valence-electron chi connectivity index (χ1n) is 2.74. The summed E-state index contributed by atoms with van der Waals surface area (Å²) < 4.78 is 0. The van der Waals surface area contributed by atoms with E-state index in [1.165, 1.54) is 17.8 Å². The van der Waals surface area contributed by atoms with Crippen LogP contribution in [0, 0.1) is 17.8 Å². The molecule has 1 aliphatic heterocycles. The fraction of sp³-hybridized carbons (Fsp3) is 1.00. The molecular weight excluding hydrogens is 74.1 g/mol.